The van der Waals surface area contributed by atoms with Gasteiger partial charge in [-0.05, 0) is 17.7 Å². The number of rotatable bonds is 5. The number of aliphatic hydroxyl groups is 1. The number of nitro benzene ring substituents is 1. The Bertz CT molecular complexity index is 1010. The van der Waals surface area contributed by atoms with Gasteiger partial charge < -0.3 is 10.0 Å². The first-order valence-corrected chi connectivity index (χ1v) is 9.04. The van der Waals surface area contributed by atoms with Crippen LogP contribution in [0.1, 0.15) is 17.2 Å². The Morgan fingerprint density at radius 1 is 1.25 bits per heavy atom. The lowest BCUT2D eigenvalue weighted by Crippen LogP contribution is -2.29. The van der Waals surface area contributed by atoms with E-state index in [2.05, 4.69) is 22.5 Å². The number of aliphatic hydroxyl groups excluding tert-OH is 1. The van der Waals surface area contributed by atoms with Crippen LogP contribution in [0.2, 0.25) is 0 Å². The number of nitro groups is 1. The van der Waals surface area contributed by atoms with Crippen molar-refractivity contribution in [2.45, 2.75) is 6.04 Å². The van der Waals surface area contributed by atoms with Crippen LogP contribution < -0.4 is 0 Å². The third kappa shape index (κ3) is 3.46. The molecular weight excluding hydrogens is 428 g/mol. The van der Waals surface area contributed by atoms with Gasteiger partial charge in [0, 0.05) is 28.7 Å². The van der Waals surface area contributed by atoms with Crippen LogP contribution in [-0.2, 0) is 9.59 Å². The summed E-state index contributed by atoms with van der Waals surface area (Å²) in [6.07, 6.45) is 1.45. The standard InChI is InChI=1S/C20H15BrN2O5/c1-2-10-22-17(13-4-3-5-15(11-13)23(27)28)16(19(25)20(22)26)18(24)12-6-8-14(21)9-7-12/h2-9,11,17,24H,1,10H2/t17-/m0/s1. The van der Waals surface area contributed by atoms with Crippen LogP contribution >= 0.6 is 15.9 Å². The van der Waals surface area contributed by atoms with Gasteiger partial charge in [0.15, 0.2) is 0 Å². The Kier molecular flexibility index (Phi) is 5.41. The van der Waals surface area contributed by atoms with Crippen molar-refractivity contribution < 1.29 is 19.6 Å². The molecule has 1 saturated heterocycles. The Labute approximate surface area is 168 Å². The lowest BCUT2D eigenvalue weighted by atomic mass is 9.95. The highest BCUT2D eigenvalue weighted by Gasteiger charge is 2.45. The largest absolute Gasteiger partial charge is 0.507 e. The molecule has 142 valence electrons. The summed E-state index contributed by atoms with van der Waals surface area (Å²) in [5, 5.41) is 21.9. The minimum absolute atomic E-state index is 0.0506. The number of carbonyl (C=O) groups is 2. The quantitative estimate of drug-likeness (QED) is 0.188. The molecule has 1 amide bonds. The van der Waals surface area contributed by atoms with Gasteiger partial charge in [-0.25, -0.2) is 0 Å². The van der Waals surface area contributed by atoms with Gasteiger partial charge in [-0.3, -0.25) is 19.7 Å². The fourth-order valence-electron chi connectivity index (χ4n) is 3.13. The third-order valence-corrected chi connectivity index (χ3v) is 4.91. The van der Waals surface area contributed by atoms with E-state index in [0.29, 0.717) is 11.1 Å². The van der Waals surface area contributed by atoms with Gasteiger partial charge in [0.05, 0.1) is 16.5 Å². The first-order chi connectivity index (χ1) is 13.3. The van der Waals surface area contributed by atoms with Crippen LogP contribution in [0.25, 0.3) is 5.76 Å². The van der Waals surface area contributed by atoms with Crippen LogP contribution in [0.4, 0.5) is 5.69 Å². The number of hydrogen-bond acceptors (Lipinski definition) is 5. The molecule has 1 N–H and O–H groups in total. The Hall–Kier alpha value is -3.26. The Morgan fingerprint density at radius 2 is 1.93 bits per heavy atom. The highest BCUT2D eigenvalue weighted by molar-refractivity contribution is 9.10. The van der Waals surface area contributed by atoms with E-state index < -0.39 is 22.7 Å². The highest BCUT2D eigenvalue weighted by atomic mass is 79.9. The monoisotopic (exact) mass is 442 g/mol. The van der Waals surface area contributed by atoms with Gasteiger partial charge in [0.25, 0.3) is 17.4 Å². The number of hydrogen-bond donors (Lipinski definition) is 1. The van der Waals surface area contributed by atoms with E-state index in [4.69, 9.17) is 0 Å². The van der Waals surface area contributed by atoms with Gasteiger partial charge in [-0.15, -0.1) is 6.58 Å². The summed E-state index contributed by atoms with van der Waals surface area (Å²) in [6.45, 7) is 3.65. The molecule has 0 saturated carbocycles. The highest BCUT2D eigenvalue weighted by Crippen LogP contribution is 2.40. The van der Waals surface area contributed by atoms with E-state index >= 15 is 0 Å². The zero-order valence-corrected chi connectivity index (χ0v) is 16.1. The summed E-state index contributed by atoms with van der Waals surface area (Å²) in [6, 6.07) is 11.3. The summed E-state index contributed by atoms with van der Waals surface area (Å²) < 4.78 is 0.784. The number of ketones is 1. The molecule has 2 aromatic carbocycles. The predicted molar refractivity (Wildman–Crippen MR) is 106 cm³/mol. The van der Waals surface area contributed by atoms with E-state index in [1.165, 1.54) is 29.2 Å². The molecule has 3 rings (SSSR count). The van der Waals surface area contributed by atoms with Gasteiger partial charge in [-0.1, -0.05) is 46.3 Å². The first kappa shape index (κ1) is 19.5. The number of likely N-dealkylation sites (tertiary alicyclic amines) is 1. The molecule has 1 aliphatic rings. The molecule has 0 aromatic heterocycles. The number of amides is 1. The van der Waals surface area contributed by atoms with Gasteiger partial charge in [0.1, 0.15) is 5.76 Å². The molecule has 1 atom stereocenters. The fourth-order valence-corrected chi connectivity index (χ4v) is 3.39. The molecule has 0 spiro atoms. The van der Waals surface area contributed by atoms with E-state index in [1.54, 1.807) is 30.3 Å². The van der Waals surface area contributed by atoms with Crippen LogP contribution in [0.15, 0.2) is 71.2 Å². The molecular formula is C20H15BrN2O5. The van der Waals surface area contributed by atoms with Crippen molar-refractivity contribution in [1.29, 1.82) is 0 Å². The molecule has 0 aliphatic carbocycles. The predicted octanol–water partition coefficient (Wildman–Crippen LogP) is 3.97. The third-order valence-electron chi connectivity index (χ3n) is 4.38. The molecule has 0 bridgehead atoms. The van der Waals surface area contributed by atoms with E-state index in [9.17, 15) is 24.8 Å². The van der Waals surface area contributed by atoms with Crippen LogP contribution in [0.5, 0.6) is 0 Å². The van der Waals surface area contributed by atoms with Crippen molar-refractivity contribution in [1.82, 2.24) is 4.90 Å². The minimum atomic E-state index is -0.957. The minimum Gasteiger partial charge on any atom is -0.507 e. The van der Waals surface area contributed by atoms with Crippen LogP contribution in [-0.4, -0.2) is 33.2 Å². The van der Waals surface area contributed by atoms with Crippen LogP contribution in [0, 0.1) is 10.1 Å². The summed E-state index contributed by atoms with van der Waals surface area (Å²) in [7, 11) is 0. The lowest BCUT2D eigenvalue weighted by molar-refractivity contribution is -0.384. The normalized spacial score (nSPS) is 18.3. The number of carbonyl (C=O) groups excluding carboxylic acids is 2. The zero-order valence-electron chi connectivity index (χ0n) is 14.5. The van der Waals surface area contributed by atoms with Crippen molar-refractivity contribution in [3.8, 4) is 0 Å². The summed E-state index contributed by atoms with van der Waals surface area (Å²) >= 11 is 3.30. The number of benzene rings is 2. The fraction of sp³-hybridized carbons (Fsp3) is 0.100. The van der Waals surface area contributed by atoms with Crippen molar-refractivity contribution in [2.24, 2.45) is 0 Å². The zero-order chi connectivity index (χ0) is 20.4. The molecule has 7 nitrogen and oxygen atoms in total. The van der Waals surface area contributed by atoms with Crippen LogP contribution in [0.3, 0.4) is 0 Å². The molecule has 1 fully saturated rings. The molecule has 1 heterocycles. The average Bonchev–Trinajstić information content (AvgIpc) is 2.93. The van der Waals surface area contributed by atoms with Gasteiger partial charge >= 0.3 is 0 Å². The molecule has 2 aromatic rings. The van der Waals surface area contributed by atoms with Crippen molar-refractivity contribution in [2.75, 3.05) is 6.54 Å². The molecule has 1 aliphatic heterocycles. The SMILES string of the molecule is C=CCN1C(=O)C(=O)C(=C(O)c2ccc(Br)cc2)[C@@H]1c1cccc([N+](=O)[O-])c1. The second-order valence-corrected chi connectivity index (χ2v) is 7.01. The number of non-ortho nitro benzene ring substituents is 1. The number of nitrogens with zero attached hydrogens (tertiary/aromatic N) is 2. The van der Waals surface area contributed by atoms with Crippen molar-refractivity contribution in [3.63, 3.8) is 0 Å². The maximum atomic E-state index is 12.7. The topological polar surface area (TPSA) is 101 Å². The van der Waals surface area contributed by atoms with Gasteiger partial charge in [-0.2, -0.15) is 0 Å². The van der Waals surface area contributed by atoms with Crippen molar-refractivity contribution in [3.05, 3.63) is 92.5 Å². The lowest BCUT2D eigenvalue weighted by Gasteiger charge is -2.23. The second kappa shape index (κ2) is 7.77. The van der Waals surface area contributed by atoms with E-state index in [1.807, 2.05) is 0 Å². The van der Waals surface area contributed by atoms with Gasteiger partial charge in [0.2, 0.25) is 0 Å². The smallest absolute Gasteiger partial charge is 0.295 e. The first-order valence-electron chi connectivity index (χ1n) is 8.24. The van der Waals surface area contributed by atoms with Crippen molar-refractivity contribution >= 4 is 39.1 Å². The second-order valence-electron chi connectivity index (χ2n) is 6.10. The summed E-state index contributed by atoms with van der Waals surface area (Å²) in [4.78, 5) is 37.1. The maximum Gasteiger partial charge on any atom is 0.295 e. The van der Waals surface area contributed by atoms with E-state index in [-0.39, 0.29) is 23.6 Å². The average molecular weight is 443 g/mol. The summed E-state index contributed by atoms with van der Waals surface area (Å²) in [5.74, 6) is -1.98. The molecule has 0 unspecified atom stereocenters. The Morgan fingerprint density at radius 3 is 2.54 bits per heavy atom. The Balaban J connectivity index is 2.22. The molecule has 28 heavy (non-hydrogen) atoms. The maximum absolute atomic E-state index is 12.7. The molecule has 8 heteroatoms. The number of halogens is 1. The summed E-state index contributed by atoms with van der Waals surface area (Å²) in [5.41, 5.74) is 0.421. The van der Waals surface area contributed by atoms with E-state index in [0.717, 1.165) is 4.47 Å². The molecule has 0 radical (unpaired) electrons. The number of Topliss-reactive ketones (excluding diaryl/α,β-unsaturated/α-hetero) is 1.